The Hall–Kier alpha value is -1.97. The molecule has 26 heavy (non-hydrogen) atoms. The third-order valence-corrected chi connectivity index (χ3v) is 6.48. The number of hydrogen-bond donors (Lipinski definition) is 1. The first kappa shape index (κ1) is 20.3. The second kappa shape index (κ2) is 8.15. The highest BCUT2D eigenvalue weighted by molar-refractivity contribution is 7.89. The Morgan fingerprint density at radius 2 is 1.96 bits per heavy atom. The zero-order chi connectivity index (χ0) is 19.5. The number of ether oxygens (including phenoxy) is 1. The molecule has 144 valence electrons. The molecule has 2 rings (SSSR count). The van der Waals surface area contributed by atoms with Gasteiger partial charge in [-0.15, -0.1) is 0 Å². The van der Waals surface area contributed by atoms with Gasteiger partial charge in [-0.05, 0) is 18.2 Å². The number of methoxy groups -OCH3 is 1. The predicted octanol–water partition coefficient (Wildman–Crippen LogP) is 0.465. The summed E-state index contributed by atoms with van der Waals surface area (Å²) in [6.07, 6.45) is -0.735. The molecule has 0 aromatic heterocycles. The zero-order valence-corrected chi connectivity index (χ0v) is 15.9. The van der Waals surface area contributed by atoms with Gasteiger partial charge in [-0.3, -0.25) is 4.79 Å². The van der Waals surface area contributed by atoms with Crippen LogP contribution in [0.2, 0.25) is 0 Å². The standard InChI is InChI=1S/C17H24N2O6S/c1-4-18(5-2)26(23,24)14-8-6-7-12(9-14)16(21)19-11-13(20)10-15(19)17(22)25-3/h6-9,13,15,20H,4-5,10-11H2,1-3H3/t13-,15-/m1/s1. The lowest BCUT2D eigenvalue weighted by Gasteiger charge is -2.23. The van der Waals surface area contributed by atoms with Crippen LogP contribution in [0, 0.1) is 0 Å². The quantitative estimate of drug-likeness (QED) is 0.715. The number of benzene rings is 1. The van der Waals surface area contributed by atoms with Crippen molar-refractivity contribution < 1.29 is 27.9 Å². The summed E-state index contributed by atoms with van der Waals surface area (Å²) in [7, 11) is -2.49. The van der Waals surface area contributed by atoms with Gasteiger partial charge in [0.05, 0.1) is 18.1 Å². The van der Waals surface area contributed by atoms with Gasteiger partial charge >= 0.3 is 5.97 Å². The molecule has 1 aromatic rings. The van der Waals surface area contributed by atoms with Crippen LogP contribution in [0.1, 0.15) is 30.6 Å². The van der Waals surface area contributed by atoms with E-state index in [0.717, 1.165) is 0 Å². The van der Waals surface area contributed by atoms with Crippen LogP contribution in [0.4, 0.5) is 0 Å². The van der Waals surface area contributed by atoms with Crippen LogP contribution in [-0.2, 0) is 19.6 Å². The Balaban J connectivity index is 2.35. The number of aliphatic hydroxyl groups excluding tert-OH is 1. The van der Waals surface area contributed by atoms with E-state index in [1.807, 2.05) is 0 Å². The fourth-order valence-electron chi connectivity index (χ4n) is 3.07. The highest BCUT2D eigenvalue weighted by Gasteiger charge is 2.40. The third kappa shape index (κ3) is 3.89. The van der Waals surface area contributed by atoms with Gasteiger partial charge in [0.2, 0.25) is 10.0 Å². The molecular formula is C17H24N2O6S. The van der Waals surface area contributed by atoms with E-state index in [-0.39, 0.29) is 23.4 Å². The lowest BCUT2D eigenvalue weighted by atomic mass is 10.1. The number of carbonyl (C=O) groups excluding carboxylic acids is 2. The van der Waals surface area contributed by atoms with Crippen molar-refractivity contribution in [3.8, 4) is 0 Å². The second-order valence-electron chi connectivity index (χ2n) is 6.00. The van der Waals surface area contributed by atoms with E-state index in [4.69, 9.17) is 4.74 Å². The first-order chi connectivity index (χ1) is 12.3. The van der Waals surface area contributed by atoms with E-state index in [0.29, 0.717) is 13.1 Å². The predicted molar refractivity (Wildman–Crippen MR) is 94.0 cm³/mol. The van der Waals surface area contributed by atoms with Crippen molar-refractivity contribution in [2.75, 3.05) is 26.7 Å². The monoisotopic (exact) mass is 384 g/mol. The number of aliphatic hydroxyl groups is 1. The molecule has 0 aliphatic carbocycles. The van der Waals surface area contributed by atoms with Crippen LogP contribution in [0.3, 0.4) is 0 Å². The van der Waals surface area contributed by atoms with Gasteiger partial charge in [-0.1, -0.05) is 19.9 Å². The minimum Gasteiger partial charge on any atom is -0.467 e. The lowest BCUT2D eigenvalue weighted by molar-refractivity contribution is -0.145. The maximum Gasteiger partial charge on any atom is 0.328 e. The average molecular weight is 384 g/mol. The van der Waals surface area contributed by atoms with Crippen molar-refractivity contribution in [1.29, 1.82) is 0 Å². The lowest BCUT2D eigenvalue weighted by Crippen LogP contribution is -2.41. The SMILES string of the molecule is CCN(CC)S(=O)(=O)c1cccc(C(=O)N2C[C@H](O)C[C@@H]2C(=O)OC)c1. The second-order valence-corrected chi connectivity index (χ2v) is 7.94. The highest BCUT2D eigenvalue weighted by Crippen LogP contribution is 2.23. The molecule has 0 saturated carbocycles. The Kier molecular flexibility index (Phi) is 6.38. The van der Waals surface area contributed by atoms with Crippen LogP contribution in [0.15, 0.2) is 29.2 Å². The number of likely N-dealkylation sites (tertiary alicyclic amines) is 1. The molecule has 8 nitrogen and oxygen atoms in total. The van der Waals surface area contributed by atoms with Crippen molar-refractivity contribution >= 4 is 21.9 Å². The zero-order valence-electron chi connectivity index (χ0n) is 15.1. The minimum absolute atomic E-state index is 0.00831. The maximum absolute atomic E-state index is 12.8. The van der Waals surface area contributed by atoms with E-state index in [9.17, 15) is 23.1 Å². The number of esters is 1. The molecule has 1 fully saturated rings. The molecule has 0 spiro atoms. The topological polar surface area (TPSA) is 104 Å². The molecular weight excluding hydrogens is 360 g/mol. The number of amides is 1. The summed E-state index contributed by atoms with van der Waals surface area (Å²) in [6, 6.07) is 4.83. The first-order valence-electron chi connectivity index (χ1n) is 8.43. The summed E-state index contributed by atoms with van der Waals surface area (Å²) in [5.41, 5.74) is 0.140. The van der Waals surface area contributed by atoms with Crippen LogP contribution in [0.5, 0.6) is 0 Å². The minimum atomic E-state index is -3.70. The molecule has 1 saturated heterocycles. The van der Waals surface area contributed by atoms with Gasteiger partial charge in [0.15, 0.2) is 0 Å². The number of rotatable bonds is 6. The normalized spacial score (nSPS) is 20.4. The number of hydrogen-bond acceptors (Lipinski definition) is 6. The summed E-state index contributed by atoms with van der Waals surface area (Å²) >= 11 is 0. The fourth-order valence-corrected chi connectivity index (χ4v) is 4.57. The number of nitrogens with zero attached hydrogens (tertiary/aromatic N) is 2. The average Bonchev–Trinajstić information content (AvgIpc) is 3.03. The van der Waals surface area contributed by atoms with E-state index in [1.165, 1.54) is 40.6 Å². The van der Waals surface area contributed by atoms with E-state index < -0.39 is 34.0 Å². The van der Waals surface area contributed by atoms with E-state index >= 15 is 0 Å². The summed E-state index contributed by atoms with van der Waals surface area (Å²) in [4.78, 5) is 25.9. The fraction of sp³-hybridized carbons (Fsp3) is 0.529. The Labute approximate surface area is 153 Å². The molecule has 0 bridgehead atoms. The molecule has 1 heterocycles. The first-order valence-corrected chi connectivity index (χ1v) is 9.87. The molecule has 0 radical (unpaired) electrons. The molecule has 0 unspecified atom stereocenters. The molecule has 1 N–H and O–H groups in total. The van der Waals surface area contributed by atoms with Crippen LogP contribution in [0.25, 0.3) is 0 Å². The van der Waals surface area contributed by atoms with Gasteiger partial charge < -0.3 is 14.7 Å². The van der Waals surface area contributed by atoms with Crippen molar-refractivity contribution in [1.82, 2.24) is 9.21 Å². The smallest absolute Gasteiger partial charge is 0.328 e. The maximum atomic E-state index is 12.8. The third-order valence-electron chi connectivity index (χ3n) is 4.44. The van der Waals surface area contributed by atoms with Crippen LogP contribution in [-0.4, -0.2) is 73.5 Å². The molecule has 9 heteroatoms. The van der Waals surface area contributed by atoms with Crippen molar-refractivity contribution in [2.45, 2.75) is 37.3 Å². The Morgan fingerprint density at radius 3 is 2.54 bits per heavy atom. The number of sulfonamides is 1. The molecule has 2 atom stereocenters. The van der Waals surface area contributed by atoms with E-state index in [2.05, 4.69) is 0 Å². The summed E-state index contributed by atoms with van der Waals surface area (Å²) in [5, 5.41) is 9.83. The van der Waals surface area contributed by atoms with Crippen molar-refractivity contribution in [3.63, 3.8) is 0 Å². The van der Waals surface area contributed by atoms with E-state index in [1.54, 1.807) is 13.8 Å². The van der Waals surface area contributed by atoms with Crippen LogP contribution < -0.4 is 0 Å². The van der Waals surface area contributed by atoms with Gasteiger partial charge in [0, 0.05) is 31.6 Å². The van der Waals surface area contributed by atoms with Gasteiger partial charge in [-0.2, -0.15) is 4.31 Å². The summed E-state index contributed by atoms with van der Waals surface area (Å²) in [5.74, 6) is -1.13. The summed E-state index contributed by atoms with van der Waals surface area (Å²) < 4.78 is 31.3. The van der Waals surface area contributed by atoms with Crippen LogP contribution >= 0.6 is 0 Å². The Morgan fingerprint density at radius 1 is 1.31 bits per heavy atom. The molecule has 1 aromatic carbocycles. The van der Waals surface area contributed by atoms with Gasteiger partial charge in [-0.25, -0.2) is 13.2 Å². The highest BCUT2D eigenvalue weighted by atomic mass is 32.2. The largest absolute Gasteiger partial charge is 0.467 e. The van der Waals surface area contributed by atoms with Gasteiger partial charge in [0.25, 0.3) is 5.91 Å². The Bertz CT molecular complexity index is 775. The number of β-amino-alcohol motifs (C(OH)–C–C–N with tert-alkyl or cyclic N) is 1. The molecule has 1 aliphatic heterocycles. The van der Waals surface area contributed by atoms with Crippen molar-refractivity contribution in [2.24, 2.45) is 0 Å². The number of carbonyl (C=O) groups is 2. The molecule has 1 aliphatic rings. The molecule has 1 amide bonds. The van der Waals surface area contributed by atoms with Gasteiger partial charge in [0.1, 0.15) is 6.04 Å². The van der Waals surface area contributed by atoms with Crippen molar-refractivity contribution in [3.05, 3.63) is 29.8 Å². The summed E-state index contributed by atoms with van der Waals surface area (Å²) in [6.45, 7) is 4.11.